The number of amides is 2. The van der Waals surface area contributed by atoms with Crippen molar-refractivity contribution in [2.75, 3.05) is 26.2 Å². The second-order valence-electron chi connectivity index (χ2n) is 6.16. The van der Waals surface area contributed by atoms with E-state index >= 15 is 0 Å². The van der Waals surface area contributed by atoms with E-state index in [0.29, 0.717) is 25.3 Å². The average Bonchev–Trinajstić information content (AvgIpc) is 2.83. The lowest BCUT2D eigenvalue weighted by molar-refractivity contribution is -0.129. The Kier molecular flexibility index (Phi) is 5.83. The Hall–Kier alpha value is -1.10. The highest BCUT2D eigenvalue weighted by atomic mass is 16.2. The molecule has 2 aliphatic heterocycles. The summed E-state index contributed by atoms with van der Waals surface area (Å²) in [4.78, 5) is 25.3. The molecule has 2 fully saturated rings. The first-order chi connectivity index (χ1) is 9.65. The van der Waals surface area contributed by atoms with Crippen LogP contribution in [0.2, 0.25) is 0 Å². The van der Waals surface area contributed by atoms with Gasteiger partial charge in [-0.2, -0.15) is 0 Å². The number of carbonyl (C=O) groups is 2. The largest absolute Gasteiger partial charge is 0.352 e. The van der Waals surface area contributed by atoms with E-state index in [4.69, 9.17) is 0 Å². The molecule has 2 atom stereocenters. The van der Waals surface area contributed by atoms with Crippen molar-refractivity contribution < 1.29 is 9.59 Å². The molecule has 2 N–H and O–H groups in total. The molecule has 0 radical (unpaired) electrons. The Morgan fingerprint density at radius 3 is 3.00 bits per heavy atom. The summed E-state index contributed by atoms with van der Waals surface area (Å²) in [5.74, 6) is 0.985. The summed E-state index contributed by atoms with van der Waals surface area (Å²) in [7, 11) is 0. The van der Waals surface area contributed by atoms with Crippen LogP contribution in [0, 0.1) is 5.92 Å². The molecule has 0 bridgehead atoms. The van der Waals surface area contributed by atoms with Crippen LogP contribution >= 0.6 is 0 Å². The van der Waals surface area contributed by atoms with Crippen LogP contribution in [0.15, 0.2) is 0 Å². The summed E-state index contributed by atoms with van der Waals surface area (Å²) in [6, 6.07) is 0.0500. The van der Waals surface area contributed by atoms with E-state index < -0.39 is 0 Å². The van der Waals surface area contributed by atoms with Crippen molar-refractivity contribution in [1.82, 2.24) is 15.5 Å². The lowest BCUT2D eigenvalue weighted by Gasteiger charge is -2.24. The van der Waals surface area contributed by atoms with Crippen molar-refractivity contribution in [1.29, 1.82) is 0 Å². The van der Waals surface area contributed by atoms with Crippen molar-refractivity contribution in [3.05, 3.63) is 0 Å². The number of carbonyl (C=O) groups excluding carboxylic acids is 2. The molecule has 2 aliphatic rings. The van der Waals surface area contributed by atoms with Gasteiger partial charge < -0.3 is 15.5 Å². The fourth-order valence-corrected chi connectivity index (χ4v) is 3.13. The number of nitrogens with one attached hydrogen (secondary N) is 2. The van der Waals surface area contributed by atoms with Gasteiger partial charge in [0.15, 0.2) is 0 Å². The van der Waals surface area contributed by atoms with Crippen molar-refractivity contribution >= 4 is 11.8 Å². The van der Waals surface area contributed by atoms with Crippen molar-refractivity contribution in [2.45, 2.75) is 51.5 Å². The molecule has 20 heavy (non-hydrogen) atoms. The van der Waals surface area contributed by atoms with Gasteiger partial charge in [-0.05, 0) is 51.6 Å². The van der Waals surface area contributed by atoms with Crippen LogP contribution in [0.25, 0.3) is 0 Å². The van der Waals surface area contributed by atoms with E-state index in [-0.39, 0.29) is 17.9 Å². The maximum absolute atomic E-state index is 11.9. The second kappa shape index (κ2) is 7.62. The molecule has 0 aromatic carbocycles. The van der Waals surface area contributed by atoms with E-state index in [0.717, 1.165) is 32.5 Å². The average molecular weight is 281 g/mol. The lowest BCUT2D eigenvalue weighted by atomic mass is 9.94. The standard InChI is InChI=1S/C15H27N3O2/c1-12(11-18-9-3-5-15(18)20)17-14(19)7-6-13-4-2-8-16-10-13/h12-13,16H,2-11H2,1H3,(H,17,19). The Labute approximate surface area is 121 Å². The first kappa shape index (κ1) is 15.3. The normalized spacial score (nSPS) is 24.8. The molecular formula is C15H27N3O2. The minimum absolute atomic E-state index is 0.0500. The quantitative estimate of drug-likeness (QED) is 0.760. The number of rotatable bonds is 6. The molecule has 0 aliphatic carbocycles. The molecule has 2 heterocycles. The molecule has 2 unspecified atom stereocenters. The van der Waals surface area contributed by atoms with E-state index in [9.17, 15) is 9.59 Å². The van der Waals surface area contributed by atoms with Crippen LogP contribution in [0.1, 0.15) is 45.4 Å². The summed E-state index contributed by atoms with van der Waals surface area (Å²) in [5, 5.41) is 6.39. The highest BCUT2D eigenvalue weighted by molar-refractivity contribution is 5.78. The van der Waals surface area contributed by atoms with Gasteiger partial charge in [-0.25, -0.2) is 0 Å². The molecule has 0 saturated carbocycles. The predicted octanol–water partition coefficient (Wildman–Crippen LogP) is 0.893. The van der Waals surface area contributed by atoms with Gasteiger partial charge in [0, 0.05) is 32.0 Å². The smallest absolute Gasteiger partial charge is 0.222 e. The van der Waals surface area contributed by atoms with Crippen LogP contribution in [0.5, 0.6) is 0 Å². The number of piperidine rings is 1. The highest BCUT2D eigenvalue weighted by Gasteiger charge is 2.22. The molecule has 0 aromatic heterocycles. The third-order valence-corrected chi connectivity index (χ3v) is 4.25. The highest BCUT2D eigenvalue weighted by Crippen LogP contribution is 2.15. The summed E-state index contributed by atoms with van der Waals surface area (Å²) < 4.78 is 0. The summed E-state index contributed by atoms with van der Waals surface area (Å²) in [6.07, 6.45) is 5.64. The van der Waals surface area contributed by atoms with Gasteiger partial charge in [0.25, 0.3) is 0 Å². The van der Waals surface area contributed by atoms with Crippen LogP contribution < -0.4 is 10.6 Å². The molecule has 0 aromatic rings. The number of hydrogen-bond acceptors (Lipinski definition) is 3. The third kappa shape index (κ3) is 4.78. The number of nitrogens with zero attached hydrogens (tertiary/aromatic N) is 1. The summed E-state index contributed by atoms with van der Waals surface area (Å²) in [5.41, 5.74) is 0. The maximum atomic E-state index is 11.9. The van der Waals surface area contributed by atoms with Gasteiger partial charge in [0.05, 0.1) is 0 Å². The molecule has 114 valence electrons. The zero-order valence-corrected chi connectivity index (χ0v) is 12.5. The Bertz CT molecular complexity index is 340. The van der Waals surface area contributed by atoms with Gasteiger partial charge in [-0.15, -0.1) is 0 Å². The Balaban J connectivity index is 1.61. The molecule has 0 spiro atoms. The van der Waals surface area contributed by atoms with E-state index in [1.807, 2.05) is 11.8 Å². The number of hydrogen-bond donors (Lipinski definition) is 2. The fraction of sp³-hybridized carbons (Fsp3) is 0.867. The van der Waals surface area contributed by atoms with Crippen LogP contribution in [0.4, 0.5) is 0 Å². The molecule has 5 nitrogen and oxygen atoms in total. The monoisotopic (exact) mass is 281 g/mol. The molecule has 2 rings (SSSR count). The summed E-state index contributed by atoms with van der Waals surface area (Å²) in [6.45, 7) is 5.63. The van der Waals surface area contributed by atoms with Gasteiger partial charge in [0.1, 0.15) is 0 Å². The Morgan fingerprint density at radius 2 is 2.35 bits per heavy atom. The van der Waals surface area contributed by atoms with Gasteiger partial charge in [-0.3, -0.25) is 9.59 Å². The zero-order chi connectivity index (χ0) is 14.4. The SMILES string of the molecule is CC(CN1CCCC1=O)NC(=O)CCC1CCCNC1. The van der Waals surface area contributed by atoms with E-state index in [1.54, 1.807) is 0 Å². The molecule has 5 heteroatoms. The number of likely N-dealkylation sites (tertiary alicyclic amines) is 1. The molecular weight excluding hydrogens is 254 g/mol. The van der Waals surface area contributed by atoms with Crippen molar-refractivity contribution in [3.8, 4) is 0 Å². The topological polar surface area (TPSA) is 61.4 Å². The van der Waals surface area contributed by atoms with Gasteiger partial charge in [0.2, 0.25) is 11.8 Å². The Morgan fingerprint density at radius 1 is 1.50 bits per heavy atom. The minimum Gasteiger partial charge on any atom is -0.352 e. The van der Waals surface area contributed by atoms with Crippen molar-refractivity contribution in [2.24, 2.45) is 5.92 Å². The molecule has 2 saturated heterocycles. The first-order valence-corrected chi connectivity index (χ1v) is 7.93. The second-order valence-corrected chi connectivity index (χ2v) is 6.16. The van der Waals surface area contributed by atoms with E-state index in [2.05, 4.69) is 10.6 Å². The van der Waals surface area contributed by atoms with Gasteiger partial charge in [-0.1, -0.05) is 0 Å². The third-order valence-electron chi connectivity index (χ3n) is 4.25. The van der Waals surface area contributed by atoms with Crippen LogP contribution in [-0.2, 0) is 9.59 Å². The van der Waals surface area contributed by atoms with Crippen LogP contribution in [-0.4, -0.2) is 48.9 Å². The molecule has 2 amide bonds. The predicted molar refractivity (Wildman–Crippen MR) is 78.2 cm³/mol. The summed E-state index contributed by atoms with van der Waals surface area (Å²) >= 11 is 0. The first-order valence-electron chi connectivity index (χ1n) is 7.93. The van der Waals surface area contributed by atoms with Crippen molar-refractivity contribution in [3.63, 3.8) is 0 Å². The van der Waals surface area contributed by atoms with Crippen LogP contribution in [0.3, 0.4) is 0 Å². The fourth-order valence-electron chi connectivity index (χ4n) is 3.13. The minimum atomic E-state index is 0.0500. The maximum Gasteiger partial charge on any atom is 0.222 e. The lowest BCUT2D eigenvalue weighted by Crippen LogP contribution is -2.42. The zero-order valence-electron chi connectivity index (χ0n) is 12.5. The van der Waals surface area contributed by atoms with E-state index in [1.165, 1.54) is 12.8 Å². The van der Waals surface area contributed by atoms with Gasteiger partial charge >= 0.3 is 0 Å².